The number of sulfone groups is 1. The molecule has 0 aliphatic heterocycles. The number of methoxy groups -OCH3 is 2. The molecule has 0 bridgehead atoms. The van der Waals surface area contributed by atoms with E-state index in [0.29, 0.717) is 22.1 Å². The predicted molar refractivity (Wildman–Crippen MR) is 136 cm³/mol. The molecule has 2 aromatic carbocycles. The van der Waals surface area contributed by atoms with Crippen LogP contribution in [-0.2, 0) is 21.2 Å². The Labute approximate surface area is 212 Å². The molecule has 0 fully saturated rings. The average Bonchev–Trinajstić information content (AvgIpc) is 3.32. The largest absolute Gasteiger partial charge is 0.495 e. The number of pyridine rings is 1. The molecular weight excluding hydrogens is 505 g/mol. The normalized spacial score (nSPS) is 11.4. The van der Waals surface area contributed by atoms with Crippen LogP contribution < -0.4 is 14.4 Å². The van der Waals surface area contributed by atoms with E-state index < -0.39 is 15.7 Å². The number of hydrogen-bond acceptors (Lipinski definition) is 8. The molecule has 0 spiro atoms. The number of carbonyl (C=O) groups excluding carboxylic acids is 1. The zero-order chi connectivity index (χ0) is 25.7. The van der Waals surface area contributed by atoms with Gasteiger partial charge in [-0.2, -0.15) is 0 Å². The Morgan fingerprint density at radius 2 is 1.78 bits per heavy atom. The molecule has 0 aliphatic rings. The van der Waals surface area contributed by atoms with E-state index in [1.165, 1.54) is 28.4 Å². The molecule has 2 aromatic heterocycles. The Kier molecular flexibility index (Phi) is 7.80. The Morgan fingerprint density at radius 3 is 2.44 bits per heavy atom. The van der Waals surface area contributed by atoms with E-state index in [9.17, 15) is 17.6 Å². The standard InChI is InChI=1S/C25H24FN3O5S2/c1-33-20-11-12-21(34-2)24-23(20)28-25(35-24)29(16-17-5-3-13-27-15-17)22(30)6-4-14-36(31,32)19-9-7-18(26)8-10-19/h3,5,7-13,15H,4,6,14,16H2,1-2H3. The van der Waals surface area contributed by atoms with Crippen molar-refractivity contribution >= 4 is 42.4 Å². The summed E-state index contributed by atoms with van der Waals surface area (Å²) in [6.45, 7) is 0.210. The van der Waals surface area contributed by atoms with Crippen molar-refractivity contribution < 1.29 is 27.1 Å². The van der Waals surface area contributed by atoms with E-state index in [0.717, 1.165) is 22.4 Å². The SMILES string of the molecule is COc1ccc(OC)c2sc(N(Cc3cccnc3)C(=O)CCCS(=O)(=O)c3ccc(F)cc3)nc12. The first-order valence-electron chi connectivity index (χ1n) is 11.0. The van der Waals surface area contributed by atoms with Crippen LogP contribution in [0.15, 0.2) is 65.8 Å². The lowest BCUT2D eigenvalue weighted by Crippen LogP contribution is -2.30. The van der Waals surface area contributed by atoms with Crippen molar-refractivity contribution in [3.63, 3.8) is 0 Å². The van der Waals surface area contributed by atoms with Gasteiger partial charge < -0.3 is 9.47 Å². The Balaban J connectivity index is 1.59. The summed E-state index contributed by atoms with van der Waals surface area (Å²) in [5, 5.41) is 0.433. The summed E-state index contributed by atoms with van der Waals surface area (Å²) >= 11 is 1.29. The van der Waals surface area contributed by atoms with Crippen LogP contribution in [-0.4, -0.2) is 44.3 Å². The fourth-order valence-electron chi connectivity index (χ4n) is 3.63. The van der Waals surface area contributed by atoms with Crippen molar-refractivity contribution in [1.82, 2.24) is 9.97 Å². The van der Waals surface area contributed by atoms with Crippen molar-refractivity contribution in [2.24, 2.45) is 0 Å². The maximum atomic E-state index is 13.4. The van der Waals surface area contributed by atoms with Crippen molar-refractivity contribution in [2.75, 3.05) is 24.9 Å². The quantitative estimate of drug-likeness (QED) is 0.276. The van der Waals surface area contributed by atoms with Gasteiger partial charge in [0.15, 0.2) is 15.0 Å². The highest BCUT2D eigenvalue weighted by atomic mass is 32.2. The molecule has 0 saturated heterocycles. The molecule has 0 N–H and O–H groups in total. The van der Waals surface area contributed by atoms with Gasteiger partial charge in [0.05, 0.1) is 31.4 Å². The van der Waals surface area contributed by atoms with Crippen molar-refractivity contribution in [1.29, 1.82) is 0 Å². The molecule has 36 heavy (non-hydrogen) atoms. The number of benzene rings is 2. The van der Waals surface area contributed by atoms with Crippen LogP contribution >= 0.6 is 11.3 Å². The van der Waals surface area contributed by atoms with Crippen LogP contribution in [0.4, 0.5) is 9.52 Å². The summed E-state index contributed by atoms with van der Waals surface area (Å²) in [6, 6.07) is 11.8. The summed E-state index contributed by atoms with van der Waals surface area (Å²) in [5.74, 6) is 0.109. The van der Waals surface area contributed by atoms with Crippen molar-refractivity contribution in [3.05, 3.63) is 72.3 Å². The summed E-state index contributed by atoms with van der Waals surface area (Å²) in [4.78, 5) is 23.7. The van der Waals surface area contributed by atoms with Gasteiger partial charge in [0.2, 0.25) is 5.91 Å². The van der Waals surface area contributed by atoms with Gasteiger partial charge in [-0.05, 0) is 54.4 Å². The van der Waals surface area contributed by atoms with E-state index in [1.807, 2.05) is 6.07 Å². The molecule has 1 amide bonds. The molecular formula is C25H24FN3O5S2. The van der Waals surface area contributed by atoms with Gasteiger partial charge in [0.1, 0.15) is 27.5 Å². The zero-order valence-corrected chi connectivity index (χ0v) is 21.3. The third-order valence-electron chi connectivity index (χ3n) is 5.47. The van der Waals surface area contributed by atoms with Gasteiger partial charge in [0.25, 0.3) is 0 Å². The van der Waals surface area contributed by atoms with Crippen LogP contribution in [0.3, 0.4) is 0 Å². The first-order chi connectivity index (χ1) is 17.3. The molecule has 4 aromatic rings. The fraction of sp³-hybridized carbons (Fsp3) is 0.240. The summed E-state index contributed by atoms with van der Waals surface area (Å²) in [7, 11) is -0.556. The number of anilines is 1. The molecule has 0 unspecified atom stereocenters. The highest BCUT2D eigenvalue weighted by Gasteiger charge is 2.24. The number of fused-ring (bicyclic) bond motifs is 1. The molecule has 4 rings (SSSR count). The van der Waals surface area contributed by atoms with Crippen LogP contribution in [0.2, 0.25) is 0 Å². The first kappa shape index (κ1) is 25.5. The van der Waals surface area contributed by atoms with Crippen LogP contribution in [0.1, 0.15) is 18.4 Å². The minimum Gasteiger partial charge on any atom is -0.495 e. The van der Waals surface area contributed by atoms with Gasteiger partial charge in [-0.3, -0.25) is 14.7 Å². The highest BCUT2D eigenvalue weighted by Crippen LogP contribution is 2.40. The lowest BCUT2D eigenvalue weighted by Gasteiger charge is -2.20. The Hall–Kier alpha value is -3.57. The molecule has 2 heterocycles. The molecule has 8 nitrogen and oxygen atoms in total. The number of thiazole rings is 1. The number of aromatic nitrogens is 2. The smallest absolute Gasteiger partial charge is 0.229 e. The molecule has 0 saturated carbocycles. The van der Waals surface area contributed by atoms with Gasteiger partial charge in [0, 0.05) is 18.8 Å². The second-order valence-corrected chi connectivity index (χ2v) is 10.9. The maximum Gasteiger partial charge on any atom is 0.229 e. The van der Waals surface area contributed by atoms with Crippen LogP contribution in [0.25, 0.3) is 10.2 Å². The Morgan fingerprint density at radius 1 is 1.06 bits per heavy atom. The van der Waals surface area contributed by atoms with E-state index >= 15 is 0 Å². The second-order valence-electron chi connectivity index (χ2n) is 7.86. The molecule has 0 radical (unpaired) electrons. The lowest BCUT2D eigenvalue weighted by atomic mass is 10.2. The van der Waals surface area contributed by atoms with E-state index in [4.69, 9.17) is 9.47 Å². The minimum absolute atomic E-state index is 0.0222. The number of nitrogens with zero attached hydrogens (tertiary/aromatic N) is 3. The fourth-order valence-corrected chi connectivity index (χ4v) is 6.04. The van der Waals surface area contributed by atoms with Crippen molar-refractivity contribution in [2.45, 2.75) is 24.3 Å². The van der Waals surface area contributed by atoms with Crippen LogP contribution in [0.5, 0.6) is 11.5 Å². The summed E-state index contributed by atoms with van der Waals surface area (Å²) < 4.78 is 50.0. The van der Waals surface area contributed by atoms with Gasteiger partial charge in [-0.15, -0.1) is 0 Å². The number of ether oxygens (including phenoxy) is 2. The number of amides is 1. The summed E-state index contributed by atoms with van der Waals surface area (Å²) in [6.07, 6.45) is 3.38. The number of carbonyl (C=O) groups is 1. The minimum atomic E-state index is -3.65. The summed E-state index contributed by atoms with van der Waals surface area (Å²) in [5.41, 5.74) is 1.36. The maximum absolute atomic E-state index is 13.4. The monoisotopic (exact) mass is 529 g/mol. The average molecular weight is 530 g/mol. The van der Waals surface area contributed by atoms with Crippen LogP contribution in [0, 0.1) is 5.82 Å². The lowest BCUT2D eigenvalue weighted by molar-refractivity contribution is -0.118. The highest BCUT2D eigenvalue weighted by molar-refractivity contribution is 7.91. The zero-order valence-electron chi connectivity index (χ0n) is 19.7. The first-order valence-corrected chi connectivity index (χ1v) is 13.5. The molecule has 0 atom stereocenters. The molecule has 0 aliphatic carbocycles. The third kappa shape index (κ3) is 5.63. The van der Waals surface area contributed by atoms with E-state index in [-0.39, 0.29) is 35.9 Å². The number of halogens is 1. The van der Waals surface area contributed by atoms with E-state index in [2.05, 4.69) is 9.97 Å². The Bertz CT molecular complexity index is 1420. The van der Waals surface area contributed by atoms with E-state index in [1.54, 1.807) is 44.8 Å². The topological polar surface area (TPSA) is 98.7 Å². The van der Waals surface area contributed by atoms with Gasteiger partial charge in [-0.1, -0.05) is 17.4 Å². The number of hydrogen-bond donors (Lipinski definition) is 0. The second kappa shape index (κ2) is 11.0. The van der Waals surface area contributed by atoms with Crippen molar-refractivity contribution in [3.8, 4) is 11.5 Å². The van der Waals surface area contributed by atoms with Gasteiger partial charge >= 0.3 is 0 Å². The predicted octanol–water partition coefficient (Wildman–Crippen LogP) is 4.63. The third-order valence-corrected chi connectivity index (χ3v) is 8.38. The number of rotatable bonds is 10. The molecule has 188 valence electrons. The molecule has 11 heteroatoms. The van der Waals surface area contributed by atoms with Gasteiger partial charge in [-0.25, -0.2) is 17.8 Å².